The van der Waals surface area contributed by atoms with Crippen LogP contribution in [0.2, 0.25) is 0 Å². The predicted molar refractivity (Wildman–Crippen MR) is 70.3 cm³/mol. The number of hydrogen-bond acceptors (Lipinski definition) is 4. The number of carbonyl (C=O) groups is 1. The molecule has 1 atom stereocenters. The molecule has 0 aliphatic heterocycles. The van der Waals surface area contributed by atoms with E-state index in [1.54, 1.807) is 0 Å². The largest absolute Gasteiger partial charge is 0.383 e. The summed E-state index contributed by atoms with van der Waals surface area (Å²) in [5.41, 5.74) is 7.31. The van der Waals surface area contributed by atoms with Crippen LogP contribution >= 0.6 is 0 Å². The highest BCUT2D eigenvalue weighted by Crippen LogP contribution is 2.16. The number of rotatable bonds is 7. The van der Waals surface area contributed by atoms with E-state index in [4.69, 9.17) is 15.2 Å². The Kier molecular flexibility index (Phi) is 6.35. The quantitative estimate of drug-likeness (QED) is 0.763. The van der Waals surface area contributed by atoms with Crippen LogP contribution in [0.5, 0.6) is 0 Å². The van der Waals surface area contributed by atoms with E-state index in [-0.39, 0.29) is 12.5 Å². The van der Waals surface area contributed by atoms with Crippen LogP contribution in [0.4, 0.5) is 5.69 Å². The van der Waals surface area contributed by atoms with Crippen molar-refractivity contribution in [2.45, 2.75) is 19.6 Å². The Balaban J connectivity index is 2.68. The molecular formula is C13H20N2O3. The van der Waals surface area contributed by atoms with E-state index in [0.717, 1.165) is 11.3 Å². The predicted octanol–water partition coefficient (Wildman–Crippen LogP) is 1.14. The second-order valence-corrected chi connectivity index (χ2v) is 3.85. The van der Waals surface area contributed by atoms with Gasteiger partial charge in [0, 0.05) is 25.0 Å². The molecule has 1 amide bonds. The Morgan fingerprint density at radius 3 is 2.83 bits per heavy atom. The molecule has 0 saturated carbocycles. The molecule has 0 heterocycles. The van der Waals surface area contributed by atoms with E-state index in [1.807, 2.05) is 31.2 Å². The van der Waals surface area contributed by atoms with Gasteiger partial charge in [-0.2, -0.15) is 0 Å². The fourth-order valence-corrected chi connectivity index (χ4v) is 1.46. The van der Waals surface area contributed by atoms with Crippen molar-refractivity contribution in [3.05, 3.63) is 29.8 Å². The summed E-state index contributed by atoms with van der Waals surface area (Å²) < 4.78 is 10.2. The Bertz CT molecular complexity index is 382. The standard InChI is InChI=1S/C13H20N2O3/c1-3-18-8-10-6-4-5-7-12(10)15-13(16)11(14)9-17-2/h4-7,11H,3,8-9,14H2,1-2H3,(H,15,16). The van der Waals surface area contributed by atoms with Gasteiger partial charge in [0.2, 0.25) is 5.91 Å². The highest BCUT2D eigenvalue weighted by atomic mass is 16.5. The number of ether oxygens (including phenoxy) is 2. The molecular weight excluding hydrogens is 232 g/mol. The number of benzene rings is 1. The zero-order chi connectivity index (χ0) is 13.4. The second kappa shape index (κ2) is 7.81. The summed E-state index contributed by atoms with van der Waals surface area (Å²) in [5, 5.41) is 2.78. The Labute approximate surface area is 107 Å². The zero-order valence-corrected chi connectivity index (χ0v) is 10.8. The minimum absolute atomic E-state index is 0.194. The third-order valence-corrected chi connectivity index (χ3v) is 2.42. The molecule has 1 rings (SSSR count). The molecule has 0 aliphatic rings. The van der Waals surface area contributed by atoms with Gasteiger partial charge in [-0.3, -0.25) is 4.79 Å². The molecule has 1 unspecified atom stereocenters. The molecule has 0 saturated heterocycles. The van der Waals surface area contributed by atoms with Crippen LogP contribution in [-0.2, 0) is 20.9 Å². The summed E-state index contributed by atoms with van der Waals surface area (Å²) in [6.07, 6.45) is 0. The number of para-hydroxylation sites is 1. The lowest BCUT2D eigenvalue weighted by Gasteiger charge is -2.14. The number of nitrogens with one attached hydrogen (secondary N) is 1. The first-order valence-corrected chi connectivity index (χ1v) is 5.90. The van der Waals surface area contributed by atoms with Gasteiger partial charge in [0.1, 0.15) is 6.04 Å². The first kappa shape index (κ1) is 14.6. The summed E-state index contributed by atoms with van der Waals surface area (Å²) in [7, 11) is 1.51. The topological polar surface area (TPSA) is 73.6 Å². The van der Waals surface area contributed by atoms with E-state index in [9.17, 15) is 4.79 Å². The molecule has 0 fully saturated rings. The van der Waals surface area contributed by atoms with Crippen LogP contribution in [-0.4, -0.2) is 32.3 Å². The van der Waals surface area contributed by atoms with Crippen molar-refractivity contribution in [3.63, 3.8) is 0 Å². The highest BCUT2D eigenvalue weighted by molar-refractivity contribution is 5.95. The Morgan fingerprint density at radius 1 is 1.44 bits per heavy atom. The summed E-state index contributed by atoms with van der Waals surface area (Å²) in [6.45, 7) is 3.22. The van der Waals surface area contributed by atoms with Crippen molar-refractivity contribution in [2.75, 3.05) is 25.6 Å². The fourth-order valence-electron chi connectivity index (χ4n) is 1.46. The van der Waals surface area contributed by atoms with Crippen molar-refractivity contribution in [1.82, 2.24) is 0 Å². The number of anilines is 1. The number of amides is 1. The lowest BCUT2D eigenvalue weighted by molar-refractivity contribution is -0.118. The van der Waals surface area contributed by atoms with Crippen molar-refractivity contribution in [3.8, 4) is 0 Å². The minimum atomic E-state index is -0.671. The fraction of sp³-hybridized carbons (Fsp3) is 0.462. The molecule has 5 heteroatoms. The van der Waals surface area contributed by atoms with Gasteiger partial charge in [-0.05, 0) is 13.0 Å². The molecule has 5 nitrogen and oxygen atoms in total. The van der Waals surface area contributed by atoms with Crippen molar-refractivity contribution < 1.29 is 14.3 Å². The SMILES string of the molecule is CCOCc1ccccc1NC(=O)C(N)COC. The highest BCUT2D eigenvalue weighted by Gasteiger charge is 2.14. The summed E-state index contributed by atoms with van der Waals surface area (Å²) >= 11 is 0. The van der Waals surface area contributed by atoms with Crippen molar-refractivity contribution in [2.24, 2.45) is 5.73 Å². The van der Waals surface area contributed by atoms with Gasteiger partial charge >= 0.3 is 0 Å². The van der Waals surface area contributed by atoms with Crippen LogP contribution in [0.25, 0.3) is 0 Å². The van der Waals surface area contributed by atoms with Crippen molar-refractivity contribution >= 4 is 11.6 Å². The number of carbonyl (C=O) groups excluding carboxylic acids is 1. The maximum absolute atomic E-state index is 11.8. The summed E-state index contributed by atoms with van der Waals surface area (Å²) in [4.78, 5) is 11.8. The number of hydrogen-bond donors (Lipinski definition) is 2. The summed E-state index contributed by atoms with van der Waals surface area (Å²) in [5.74, 6) is -0.263. The molecule has 3 N–H and O–H groups in total. The van der Waals surface area contributed by atoms with Crippen LogP contribution in [0.1, 0.15) is 12.5 Å². The van der Waals surface area contributed by atoms with E-state index >= 15 is 0 Å². The van der Waals surface area contributed by atoms with Crippen LogP contribution in [0.15, 0.2) is 24.3 Å². The molecule has 100 valence electrons. The number of nitrogens with two attached hydrogens (primary N) is 1. The maximum Gasteiger partial charge on any atom is 0.243 e. The maximum atomic E-state index is 11.8. The summed E-state index contributed by atoms with van der Waals surface area (Å²) in [6, 6.07) is 6.82. The molecule has 1 aromatic rings. The van der Waals surface area contributed by atoms with Gasteiger partial charge in [0.05, 0.1) is 13.2 Å². The van der Waals surface area contributed by atoms with Gasteiger partial charge in [-0.15, -0.1) is 0 Å². The third kappa shape index (κ3) is 4.44. The van der Waals surface area contributed by atoms with Crippen molar-refractivity contribution in [1.29, 1.82) is 0 Å². The average molecular weight is 252 g/mol. The van der Waals surface area contributed by atoms with Gasteiger partial charge in [0.25, 0.3) is 0 Å². The van der Waals surface area contributed by atoms with E-state index < -0.39 is 6.04 Å². The Morgan fingerprint density at radius 2 is 2.17 bits per heavy atom. The Hall–Kier alpha value is -1.43. The molecule has 18 heavy (non-hydrogen) atoms. The van der Waals surface area contributed by atoms with Crippen LogP contribution < -0.4 is 11.1 Å². The van der Waals surface area contributed by atoms with Crippen LogP contribution in [0.3, 0.4) is 0 Å². The lowest BCUT2D eigenvalue weighted by Crippen LogP contribution is -2.39. The van der Waals surface area contributed by atoms with Gasteiger partial charge in [-0.25, -0.2) is 0 Å². The van der Waals surface area contributed by atoms with Crippen LogP contribution in [0, 0.1) is 0 Å². The van der Waals surface area contributed by atoms with E-state index in [1.165, 1.54) is 7.11 Å². The number of methoxy groups -OCH3 is 1. The molecule has 0 aromatic heterocycles. The van der Waals surface area contributed by atoms with E-state index in [0.29, 0.717) is 13.2 Å². The molecule has 0 bridgehead atoms. The van der Waals surface area contributed by atoms with Gasteiger partial charge in [0.15, 0.2) is 0 Å². The average Bonchev–Trinajstić information content (AvgIpc) is 2.38. The second-order valence-electron chi connectivity index (χ2n) is 3.85. The van der Waals surface area contributed by atoms with E-state index in [2.05, 4.69) is 5.32 Å². The third-order valence-electron chi connectivity index (χ3n) is 2.42. The first-order chi connectivity index (χ1) is 8.69. The molecule has 0 spiro atoms. The minimum Gasteiger partial charge on any atom is -0.383 e. The smallest absolute Gasteiger partial charge is 0.243 e. The lowest BCUT2D eigenvalue weighted by atomic mass is 10.2. The van der Waals surface area contributed by atoms with Gasteiger partial charge < -0.3 is 20.5 Å². The monoisotopic (exact) mass is 252 g/mol. The molecule has 0 aliphatic carbocycles. The molecule has 0 radical (unpaired) electrons. The zero-order valence-electron chi connectivity index (χ0n) is 10.8. The normalized spacial score (nSPS) is 12.2. The molecule has 1 aromatic carbocycles. The van der Waals surface area contributed by atoms with Gasteiger partial charge in [-0.1, -0.05) is 18.2 Å². The first-order valence-electron chi connectivity index (χ1n) is 5.90.